The maximum atomic E-state index is 10.6. The second-order valence-corrected chi connectivity index (χ2v) is 5.83. The van der Waals surface area contributed by atoms with Crippen molar-refractivity contribution in [3.05, 3.63) is 63.9 Å². The molecule has 0 aliphatic rings. The Morgan fingerprint density at radius 2 is 2.14 bits per heavy atom. The molecule has 0 spiro atoms. The van der Waals surface area contributed by atoms with Gasteiger partial charge in [0.05, 0.1) is 0 Å². The zero-order valence-corrected chi connectivity index (χ0v) is 12.8. The lowest BCUT2D eigenvalue weighted by Gasteiger charge is -2.19. The SMILES string of the molecule is CCN(Cc1cccc(C=CC(=O)O)c1)Cc1cccs1. The number of hydrogen-bond acceptors (Lipinski definition) is 3. The van der Waals surface area contributed by atoms with E-state index in [0.29, 0.717) is 0 Å². The van der Waals surface area contributed by atoms with Gasteiger partial charge >= 0.3 is 5.97 Å². The molecule has 0 aliphatic carbocycles. The molecule has 21 heavy (non-hydrogen) atoms. The summed E-state index contributed by atoms with van der Waals surface area (Å²) in [6.07, 6.45) is 2.80. The Hall–Kier alpha value is -1.91. The summed E-state index contributed by atoms with van der Waals surface area (Å²) in [5, 5.41) is 10.8. The molecule has 0 aliphatic heterocycles. The molecule has 0 atom stereocenters. The molecule has 0 bridgehead atoms. The third-order valence-corrected chi connectivity index (χ3v) is 4.04. The van der Waals surface area contributed by atoms with Crippen LogP contribution in [0.15, 0.2) is 47.9 Å². The van der Waals surface area contributed by atoms with Crippen LogP contribution >= 0.6 is 11.3 Å². The molecule has 0 saturated heterocycles. The summed E-state index contributed by atoms with van der Waals surface area (Å²) >= 11 is 1.77. The van der Waals surface area contributed by atoms with Gasteiger partial charge in [0.2, 0.25) is 0 Å². The van der Waals surface area contributed by atoms with E-state index in [1.807, 2.05) is 18.2 Å². The number of benzene rings is 1. The summed E-state index contributed by atoms with van der Waals surface area (Å²) in [5.41, 5.74) is 2.11. The predicted molar refractivity (Wildman–Crippen MR) is 87.2 cm³/mol. The summed E-state index contributed by atoms with van der Waals surface area (Å²) in [6, 6.07) is 12.2. The molecular weight excluding hydrogens is 282 g/mol. The molecule has 0 unspecified atom stereocenters. The van der Waals surface area contributed by atoms with E-state index in [-0.39, 0.29) is 0 Å². The summed E-state index contributed by atoms with van der Waals surface area (Å²) in [6.45, 7) is 4.95. The fourth-order valence-corrected chi connectivity index (χ4v) is 2.87. The average molecular weight is 301 g/mol. The second kappa shape index (κ2) is 7.76. The number of rotatable bonds is 7. The molecule has 1 N–H and O–H groups in total. The first-order valence-corrected chi connectivity index (χ1v) is 7.80. The van der Waals surface area contributed by atoms with Crippen LogP contribution in [0, 0.1) is 0 Å². The van der Waals surface area contributed by atoms with Gasteiger partial charge < -0.3 is 5.11 Å². The smallest absolute Gasteiger partial charge is 0.328 e. The van der Waals surface area contributed by atoms with Crippen LogP contribution in [0.2, 0.25) is 0 Å². The summed E-state index contributed by atoms with van der Waals surface area (Å²) < 4.78 is 0. The lowest BCUT2D eigenvalue weighted by Crippen LogP contribution is -2.21. The minimum absolute atomic E-state index is 0.864. The second-order valence-electron chi connectivity index (χ2n) is 4.80. The van der Waals surface area contributed by atoms with Gasteiger partial charge in [-0.3, -0.25) is 4.90 Å². The molecule has 0 saturated carbocycles. The van der Waals surface area contributed by atoms with E-state index >= 15 is 0 Å². The minimum Gasteiger partial charge on any atom is -0.478 e. The Labute approximate surface area is 129 Å². The van der Waals surface area contributed by atoms with Crippen molar-refractivity contribution in [3.63, 3.8) is 0 Å². The molecule has 0 radical (unpaired) electrons. The van der Waals surface area contributed by atoms with Gasteiger partial charge in [-0.25, -0.2) is 4.79 Å². The van der Waals surface area contributed by atoms with Crippen LogP contribution in [0.25, 0.3) is 6.08 Å². The van der Waals surface area contributed by atoms with Crippen LogP contribution in [-0.2, 0) is 17.9 Å². The quantitative estimate of drug-likeness (QED) is 0.789. The normalized spacial score (nSPS) is 11.3. The summed E-state index contributed by atoms with van der Waals surface area (Å²) in [5.74, 6) is -0.923. The Kier molecular flexibility index (Phi) is 5.72. The number of hydrogen-bond donors (Lipinski definition) is 1. The summed E-state index contributed by atoms with van der Waals surface area (Å²) in [7, 11) is 0. The molecule has 110 valence electrons. The van der Waals surface area contributed by atoms with Crippen molar-refractivity contribution in [2.75, 3.05) is 6.54 Å². The van der Waals surface area contributed by atoms with Gasteiger partial charge in [0.25, 0.3) is 0 Å². The summed E-state index contributed by atoms with van der Waals surface area (Å²) in [4.78, 5) is 14.3. The number of carbonyl (C=O) groups is 1. The third-order valence-electron chi connectivity index (χ3n) is 3.18. The number of thiophene rings is 1. The lowest BCUT2D eigenvalue weighted by atomic mass is 10.1. The minimum atomic E-state index is -0.923. The highest BCUT2D eigenvalue weighted by atomic mass is 32.1. The maximum absolute atomic E-state index is 10.6. The van der Waals surface area contributed by atoms with Crippen LogP contribution in [0.1, 0.15) is 22.9 Å². The zero-order valence-electron chi connectivity index (χ0n) is 12.0. The highest BCUT2D eigenvalue weighted by Gasteiger charge is 2.06. The van der Waals surface area contributed by atoms with Crippen molar-refractivity contribution in [2.45, 2.75) is 20.0 Å². The lowest BCUT2D eigenvalue weighted by molar-refractivity contribution is -0.131. The van der Waals surface area contributed by atoms with Crippen molar-refractivity contribution in [1.29, 1.82) is 0 Å². The Morgan fingerprint density at radius 1 is 1.29 bits per heavy atom. The van der Waals surface area contributed by atoms with E-state index in [0.717, 1.165) is 25.2 Å². The standard InChI is InChI=1S/C17H19NO2S/c1-2-18(13-16-7-4-10-21-16)12-15-6-3-5-14(11-15)8-9-17(19)20/h3-11H,2,12-13H2,1H3,(H,19,20). The van der Waals surface area contributed by atoms with Gasteiger partial charge in [0.15, 0.2) is 0 Å². The molecule has 0 amide bonds. The third kappa shape index (κ3) is 5.17. The fraction of sp³-hybridized carbons (Fsp3) is 0.235. The molecule has 3 nitrogen and oxygen atoms in total. The van der Waals surface area contributed by atoms with E-state index in [9.17, 15) is 4.79 Å². The first kappa shape index (κ1) is 15.5. The van der Waals surface area contributed by atoms with Gasteiger partial charge in [-0.05, 0) is 35.2 Å². The Morgan fingerprint density at radius 3 is 2.81 bits per heavy atom. The van der Waals surface area contributed by atoms with E-state index in [2.05, 4.69) is 35.4 Å². The molecule has 0 fully saturated rings. The van der Waals surface area contributed by atoms with Crippen molar-refractivity contribution in [1.82, 2.24) is 4.90 Å². The fourth-order valence-electron chi connectivity index (χ4n) is 2.12. The predicted octanol–water partition coefficient (Wildman–Crippen LogP) is 3.87. The van der Waals surface area contributed by atoms with Crippen LogP contribution in [0.5, 0.6) is 0 Å². The number of nitrogens with zero attached hydrogens (tertiary/aromatic N) is 1. The monoisotopic (exact) mass is 301 g/mol. The Bertz CT molecular complexity index is 605. The van der Waals surface area contributed by atoms with Gasteiger partial charge in [-0.2, -0.15) is 0 Å². The highest BCUT2D eigenvalue weighted by molar-refractivity contribution is 7.09. The Balaban J connectivity index is 2.03. The van der Waals surface area contributed by atoms with Crippen molar-refractivity contribution < 1.29 is 9.90 Å². The molecule has 1 aromatic heterocycles. The van der Waals surface area contributed by atoms with Crippen LogP contribution < -0.4 is 0 Å². The largest absolute Gasteiger partial charge is 0.478 e. The van der Waals surface area contributed by atoms with Gasteiger partial charge in [0, 0.05) is 24.0 Å². The number of carboxylic acid groups (broad SMARTS) is 1. The molecule has 4 heteroatoms. The van der Waals surface area contributed by atoms with Gasteiger partial charge in [-0.15, -0.1) is 11.3 Å². The molecule has 2 rings (SSSR count). The first-order chi connectivity index (χ1) is 10.2. The van der Waals surface area contributed by atoms with Crippen LogP contribution in [0.3, 0.4) is 0 Å². The maximum Gasteiger partial charge on any atom is 0.328 e. The van der Waals surface area contributed by atoms with Gasteiger partial charge in [0.1, 0.15) is 0 Å². The topological polar surface area (TPSA) is 40.5 Å². The van der Waals surface area contributed by atoms with Crippen molar-refractivity contribution in [3.8, 4) is 0 Å². The average Bonchev–Trinajstić information content (AvgIpc) is 2.98. The van der Waals surface area contributed by atoms with Crippen molar-refractivity contribution in [2.24, 2.45) is 0 Å². The van der Waals surface area contributed by atoms with Crippen LogP contribution in [-0.4, -0.2) is 22.5 Å². The molecular formula is C17H19NO2S. The van der Waals surface area contributed by atoms with E-state index in [1.54, 1.807) is 17.4 Å². The van der Waals surface area contributed by atoms with Crippen molar-refractivity contribution >= 4 is 23.4 Å². The molecule has 1 aromatic carbocycles. The molecule has 2 aromatic rings. The van der Waals surface area contributed by atoms with E-state index in [4.69, 9.17) is 5.11 Å². The van der Waals surface area contributed by atoms with Crippen LogP contribution in [0.4, 0.5) is 0 Å². The first-order valence-electron chi connectivity index (χ1n) is 6.92. The highest BCUT2D eigenvalue weighted by Crippen LogP contribution is 2.15. The zero-order chi connectivity index (χ0) is 15.1. The van der Waals surface area contributed by atoms with Gasteiger partial charge in [-0.1, -0.05) is 37.3 Å². The van der Waals surface area contributed by atoms with E-state index < -0.39 is 5.97 Å². The molecule has 1 heterocycles. The number of carboxylic acids is 1. The number of aliphatic carboxylic acids is 1. The van der Waals surface area contributed by atoms with E-state index in [1.165, 1.54) is 16.5 Å².